The van der Waals surface area contributed by atoms with Crippen LogP contribution in [0.3, 0.4) is 0 Å². The Hall–Kier alpha value is -0.290. The molecule has 0 aromatic carbocycles. The molecule has 0 aliphatic heterocycles. The molecule has 1 aliphatic rings. The third-order valence-electron chi connectivity index (χ3n) is 2.57. The first-order valence-electron chi connectivity index (χ1n) is 4.86. The molecule has 0 aromatic heterocycles. The second kappa shape index (κ2) is 4.98. The minimum Gasteiger partial charge on any atom is -0.380 e. The summed E-state index contributed by atoms with van der Waals surface area (Å²) >= 11 is 0. The highest BCUT2D eigenvalue weighted by atomic mass is 19.4. The SMILES string of the molecule is COC1CCCC1NCCC(F)(F)F. The topological polar surface area (TPSA) is 21.3 Å². The second-order valence-electron chi connectivity index (χ2n) is 3.63. The van der Waals surface area contributed by atoms with Crippen LogP contribution in [-0.2, 0) is 4.74 Å². The summed E-state index contributed by atoms with van der Waals surface area (Å²) in [6, 6.07) is 0.0994. The van der Waals surface area contributed by atoms with Gasteiger partial charge >= 0.3 is 6.18 Å². The van der Waals surface area contributed by atoms with Crippen molar-refractivity contribution in [2.45, 2.75) is 44.0 Å². The third kappa shape index (κ3) is 3.84. The molecule has 0 radical (unpaired) electrons. The number of ether oxygens (including phenoxy) is 1. The zero-order valence-corrected chi connectivity index (χ0v) is 8.23. The minimum atomic E-state index is -4.06. The van der Waals surface area contributed by atoms with Crippen LogP contribution in [0, 0.1) is 0 Å². The molecule has 2 unspecified atom stereocenters. The molecular weight excluding hydrogens is 195 g/mol. The smallest absolute Gasteiger partial charge is 0.380 e. The Bertz CT molecular complexity index is 172. The van der Waals surface area contributed by atoms with E-state index in [4.69, 9.17) is 4.74 Å². The summed E-state index contributed by atoms with van der Waals surface area (Å²) in [6.07, 6.45) is -1.85. The van der Waals surface area contributed by atoms with Gasteiger partial charge in [-0.3, -0.25) is 0 Å². The van der Waals surface area contributed by atoms with Gasteiger partial charge in [0.1, 0.15) is 0 Å². The molecule has 2 nitrogen and oxygen atoms in total. The van der Waals surface area contributed by atoms with Crippen LogP contribution in [0.2, 0.25) is 0 Å². The van der Waals surface area contributed by atoms with E-state index in [1.165, 1.54) is 0 Å². The van der Waals surface area contributed by atoms with Gasteiger partial charge in [-0.1, -0.05) is 0 Å². The fraction of sp³-hybridized carbons (Fsp3) is 1.00. The molecule has 1 fully saturated rings. The largest absolute Gasteiger partial charge is 0.390 e. The molecule has 0 saturated heterocycles. The summed E-state index contributed by atoms with van der Waals surface area (Å²) in [4.78, 5) is 0. The Morgan fingerprint density at radius 3 is 2.64 bits per heavy atom. The fourth-order valence-electron chi connectivity index (χ4n) is 1.84. The average molecular weight is 211 g/mol. The number of rotatable bonds is 4. The highest BCUT2D eigenvalue weighted by Gasteiger charge is 2.30. The summed E-state index contributed by atoms with van der Waals surface area (Å²) in [5.74, 6) is 0. The molecule has 14 heavy (non-hydrogen) atoms. The highest BCUT2D eigenvalue weighted by Crippen LogP contribution is 2.23. The lowest BCUT2D eigenvalue weighted by atomic mass is 10.2. The van der Waals surface area contributed by atoms with Gasteiger partial charge in [0.05, 0.1) is 12.5 Å². The van der Waals surface area contributed by atoms with Crippen molar-refractivity contribution in [2.24, 2.45) is 0 Å². The van der Waals surface area contributed by atoms with E-state index >= 15 is 0 Å². The molecule has 1 N–H and O–H groups in total. The van der Waals surface area contributed by atoms with Gasteiger partial charge in [0, 0.05) is 19.7 Å². The zero-order valence-electron chi connectivity index (χ0n) is 8.23. The summed E-state index contributed by atoms with van der Waals surface area (Å²) in [6.45, 7) is -0.00593. The molecule has 0 bridgehead atoms. The lowest BCUT2D eigenvalue weighted by Gasteiger charge is -2.19. The van der Waals surface area contributed by atoms with E-state index in [0.717, 1.165) is 19.3 Å². The maximum absolute atomic E-state index is 11.8. The van der Waals surface area contributed by atoms with Crippen molar-refractivity contribution in [1.29, 1.82) is 0 Å². The van der Waals surface area contributed by atoms with Crippen LogP contribution in [0.5, 0.6) is 0 Å². The standard InChI is InChI=1S/C9H16F3NO/c1-14-8-4-2-3-7(8)13-6-5-9(10,11)12/h7-8,13H,2-6H2,1H3. The Kier molecular flexibility index (Phi) is 4.19. The maximum Gasteiger partial charge on any atom is 0.390 e. The molecule has 5 heteroatoms. The van der Waals surface area contributed by atoms with E-state index in [1.54, 1.807) is 7.11 Å². The first-order chi connectivity index (χ1) is 6.53. The van der Waals surface area contributed by atoms with E-state index in [1.807, 2.05) is 0 Å². The molecule has 1 rings (SSSR count). The van der Waals surface area contributed by atoms with Crippen molar-refractivity contribution < 1.29 is 17.9 Å². The van der Waals surface area contributed by atoms with E-state index in [2.05, 4.69) is 5.32 Å². The van der Waals surface area contributed by atoms with Crippen LogP contribution >= 0.6 is 0 Å². The first-order valence-corrected chi connectivity index (χ1v) is 4.86. The molecule has 1 saturated carbocycles. The molecule has 0 amide bonds. The quantitative estimate of drug-likeness (QED) is 0.768. The molecule has 0 aromatic rings. The molecular formula is C9H16F3NO. The molecule has 2 atom stereocenters. The lowest BCUT2D eigenvalue weighted by Crippen LogP contribution is -2.38. The van der Waals surface area contributed by atoms with Crippen molar-refractivity contribution in [2.75, 3.05) is 13.7 Å². The maximum atomic E-state index is 11.8. The van der Waals surface area contributed by atoms with E-state index < -0.39 is 12.6 Å². The summed E-state index contributed by atoms with van der Waals surface area (Å²) in [5, 5.41) is 2.89. The van der Waals surface area contributed by atoms with Gasteiger partial charge in [0.25, 0.3) is 0 Å². The predicted octanol–water partition coefficient (Wildman–Crippen LogP) is 2.10. The summed E-state index contributed by atoms with van der Waals surface area (Å²) in [7, 11) is 1.61. The van der Waals surface area contributed by atoms with Crippen molar-refractivity contribution >= 4 is 0 Å². The Balaban J connectivity index is 2.18. The van der Waals surface area contributed by atoms with Crippen LogP contribution < -0.4 is 5.32 Å². The van der Waals surface area contributed by atoms with Gasteiger partial charge in [-0.25, -0.2) is 0 Å². The van der Waals surface area contributed by atoms with E-state index in [0.29, 0.717) is 0 Å². The Morgan fingerprint density at radius 2 is 2.07 bits per heavy atom. The van der Waals surface area contributed by atoms with Crippen molar-refractivity contribution in [3.8, 4) is 0 Å². The third-order valence-corrected chi connectivity index (χ3v) is 2.57. The number of alkyl halides is 3. The molecule has 1 aliphatic carbocycles. The van der Waals surface area contributed by atoms with Gasteiger partial charge in [0.2, 0.25) is 0 Å². The number of halogens is 3. The molecule has 0 heterocycles. The van der Waals surface area contributed by atoms with Crippen molar-refractivity contribution in [1.82, 2.24) is 5.32 Å². The molecule has 0 spiro atoms. The number of hydrogen-bond donors (Lipinski definition) is 1. The Morgan fingerprint density at radius 1 is 1.36 bits per heavy atom. The van der Waals surface area contributed by atoms with Crippen LogP contribution in [0.25, 0.3) is 0 Å². The zero-order chi connectivity index (χ0) is 10.6. The van der Waals surface area contributed by atoms with Crippen LogP contribution in [-0.4, -0.2) is 32.0 Å². The van der Waals surface area contributed by atoms with Gasteiger partial charge < -0.3 is 10.1 Å². The van der Waals surface area contributed by atoms with E-state index in [-0.39, 0.29) is 18.7 Å². The number of nitrogens with one attached hydrogen (secondary N) is 1. The lowest BCUT2D eigenvalue weighted by molar-refractivity contribution is -0.134. The highest BCUT2D eigenvalue weighted by molar-refractivity contribution is 4.83. The monoisotopic (exact) mass is 211 g/mol. The summed E-state index contributed by atoms with van der Waals surface area (Å²) < 4.78 is 40.7. The van der Waals surface area contributed by atoms with Gasteiger partial charge in [0.15, 0.2) is 0 Å². The van der Waals surface area contributed by atoms with E-state index in [9.17, 15) is 13.2 Å². The second-order valence-corrected chi connectivity index (χ2v) is 3.63. The number of methoxy groups -OCH3 is 1. The van der Waals surface area contributed by atoms with Crippen molar-refractivity contribution in [3.63, 3.8) is 0 Å². The Labute approximate surface area is 81.8 Å². The predicted molar refractivity (Wildman–Crippen MR) is 47.1 cm³/mol. The van der Waals surface area contributed by atoms with Crippen LogP contribution in [0.4, 0.5) is 13.2 Å². The molecule has 84 valence electrons. The van der Waals surface area contributed by atoms with Crippen LogP contribution in [0.1, 0.15) is 25.7 Å². The van der Waals surface area contributed by atoms with Gasteiger partial charge in [-0.15, -0.1) is 0 Å². The first kappa shape index (κ1) is 11.8. The van der Waals surface area contributed by atoms with Gasteiger partial charge in [-0.2, -0.15) is 13.2 Å². The van der Waals surface area contributed by atoms with Crippen LogP contribution in [0.15, 0.2) is 0 Å². The minimum absolute atomic E-state index is 0.00593. The fourth-order valence-corrected chi connectivity index (χ4v) is 1.84. The summed E-state index contributed by atoms with van der Waals surface area (Å²) in [5.41, 5.74) is 0. The van der Waals surface area contributed by atoms with Gasteiger partial charge in [-0.05, 0) is 19.3 Å². The number of hydrogen-bond acceptors (Lipinski definition) is 2. The average Bonchev–Trinajstić information content (AvgIpc) is 2.49. The normalized spacial score (nSPS) is 28.3. The van der Waals surface area contributed by atoms with Crippen molar-refractivity contribution in [3.05, 3.63) is 0 Å².